The highest BCUT2D eigenvalue weighted by Crippen LogP contribution is 2.05. The summed E-state index contributed by atoms with van der Waals surface area (Å²) in [6.45, 7) is 3.55. The van der Waals surface area contributed by atoms with Gasteiger partial charge in [-0.25, -0.2) is 4.79 Å². The summed E-state index contributed by atoms with van der Waals surface area (Å²) < 4.78 is 4.66. The highest BCUT2D eigenvalue weighted by molar-refractivity contribution is 6.29. The number of ether oxygens (including phenoxy) is 1. The Bertz CT molecular complexity index is 326. The molecular weight excluding hydrogens is 206 g/mol. The first-order valence-corrected chi connectivity index (χ1v) is 4.14. The van der Waals surface area contributed by atoms with E-state index in [0.717, 1.165) is 0 Å². The maximum Gasteiger partial charge on any atom is 0.413 e. The number of nitrogens with one attached hydrogen (secondary N) is 1. The van der Waals surface area contributed by atoms with Crippen LogP contribution >= 0.6 is 11.6 Å². The molecule has 0 aliphatic carbocycles. The number of carbonyl (C=O) groups is 1. The Morgan fingerprint density at radius 1 is 1.64 bits per heavy atom. The smallest absolute Gasteiger partial charge is 0.413 e. The van der Waals surface area contributed by atoms with E-state index in [4.69, 9.17) is 11.6 Å². The van der Waals surface area contributed by atoms with Crippen molar-refractivity contribution in [3.63, 3.8) is 0 Å². The first-order valence-electron chi connectivity index (χ1n) is 3.76. The van der Waals surface area contributed by atoms with Gasteiger partial charge in [-0.3, -0.25) is 5.32 Å². The fraction of sp³-hybridized carbons (Fsp3) is 0.125. The second-order valence-electron chi connectivity index (χ2n) is 2.25. The lowest BCUT2D eigenvalue weighted by Gasteiger charge is -2.02. The van der Waals surface area contributed by atoms with E-state index < -0.39 is 6.09 Å². The molecule has 1 aromatic rings. The monoisotopic (exact) mass is 213 g/mol. The zero-order valence-electron chi connectivity index (χ0n) is 7.24. The molecule has 0 radical (unpaired) electrons. The van der Waals surface area contributed by atoms with Gasteiger partial charge in [0.05, 0.1) is 0 Å². The molecule has 6 heteroatoms. The van der Waals surface area contributed by atoms with Gasteiger partial charge in [0.2, 0.25) is 0 Å². The standard InChI is InChI=1S/C8H8ClN3O2/c1-2-5-14-8(13)10-7-4-3-6(9)11-12-7/h2-4H,1,5H2,(H,10,12,13). The molecule has 0 unspecified atom stereocenters. The van der Waals surface area contributed by atoms with E-state index in [0.29, 0.717) is 0 Å². The van der Waals surface area contributed by atoms with Gasteiger partial charge in [0.15, 0.2) is 11.0 Å². The Kier molecular flexibility index (Phi) is 3.87. The van der Waals surface area contributed by atoms with E-state index in [9.17, 15) is 4.79 Å². The minimum absolute atomic E-state index is 0.146. The molecule has 0 aromatic carbocycles. The van der Waals surface area contributed by atoms with E-state index in [1.807, 2.05) is 0 Å². The van der Waals surface area contributed by atoms with Crippen molar-refractivity contribution in [1.82, 2.24) is 10.2 Å². The third-order valence-electron chi connectivity index (χ3n) is 1.19. The van der Waals surface area contributed by atoms with Crippen molar-refractivity contribution in [3.8, 4) is 0 Å². The maximum absolute atomic E-state index is 11.0. The number of hydrogen-bond donors (Lipinski definition) is 1. The lowest BCUT2D eigenvalue weighted by molar-refractivity contribution is 0.174. The van der Waals surface area contributed by atoms with Crippen LogP contribution in [0.5, 0.6) is 0 Å². The summed E-state index contributed by atoms with van der Waals surface area (Å²) in [6, 6.07) is 3.03. The predicted molar refractivity (Wildman–Crippen MR) is 52.2 cm³/mol. The lowest BCUT2D eigenvalue weighted by Crippen LogP contribution is -2.14. The van der Waals surface area contributed by atoms with Gasteiger partial charge in [0.25, 0.3) is 0 Å². The number of aromatic nitrogens is 2. The summed E-state index contributed by atoms with van der Waals surface area (Å²) in [5.41, 5.74) is 0. The minimum Gasteiger partial charge on any atom is -0.445 e. The number of amides is 1. The van der Waals surface area contributed by atoms with Gasteiger partial charge in [-0.2, -0.15) is 0 Å². The van der Waals surface area contributed by atoms with Crippen LogP contribution in [0.3, 0.4) is 0 Å². The van der Waals surface area contributed by atoms with E-state index in [1.54, 1.807) is 0 Å². The van der Waals surface area contributed by atoms with Gasteiger partial charge in [-0.05, 0) is 12.1 Å². The van der Waals surface area contributed by atoms with Crippen molar-refractivity contribution in [2.45, 2.75) is 0 Å². The largest absolute Gasteiger partial charge is 0.445 e. The highest BCUT2D eigenvalue weighted by Gasteiger charge is 2.02. The van der Waals surface area contributed by atoms with Crippen molar-refractivity contribution >= 4 is 23.5 Å². The molecule has 1 heterocycles. The Hall–Kier alpha value is -1.62. The van der Waals surface area contributed by atoms with Crippen LogP contribution in [0.15, 0.2) is 24.8 Å². The van der Waals surface area contributed by atoms with Gasteiger partial charge in [-0.1, -0.05) is 24.3 Å². The van der Waals surface area contributed by atoms with Crippen LogP contribution in [-0.4, -0.2) is 22.9 Å². The molecule has 0 aliphatic rings. The molecular formula is C8H8ClN3O2. The van der Waals surface area contributed by atoms with Gasteiger partial charge < -0.3 is 4.74 Å². The molecule has 0 saturated carbocycles. The molecule has 0 atom stereocenters. The summed E-state index contributed by atoms with van der Waals surface area (Å²) >= 11 is 5.50. The van der Waals surface area contributed by atoms with Crippen LogP contribution in [0, 0.1) is 0 Å². The molecule has 0 fully saturated rings. The number of rotatable bonds is 3. The van der Waals surface area contributed by atoms with Gasteiger partial charge in [0.1, 0.15) is 6.61 Å². The van der Waals surface area contributed by atoms with Crippen molar-refractivity contribution in [1.29, 1.82) is 0 Å². The molecule has 74 valence electrons. The van der Waals surface area contributed by atoms with Crippen LogP contribution in [0.4, 0.5) is 10.6 Å². The molecule has 1 amide bonds. The van der Waals surface area contributed by atoms with Gasteiger partial charge in [-0.15, -0.1) is 10.2 Å². The van der Waals surface area contributed by atoms with E-state index in [2.05, 4.69) is 26.8 Å². The zero-order chi connectivity index (χ0) is 10.4. The molecule has 1 N–H and O–H groups in total. The first kappa shape index (κ1) is 10.5. The van der Waals surface area contributed by atoms with Crippen LogP contribution in [0.2, 0.25) is 5.15 Å². The maximum atomic E-state index is 11.0. The number of carbonyl (C=O) groups excluding carboxylic acids is 1. The van der Waals surface area contributed by atoms with Crippen molar-refractivity contribution in [2.75, 3.05) is 11.9 Å². The van der Waals surface area contributed by atoms with E-state index in [1.165, 1.54) is 18.2 Å². The predicted octanol–water partition coefficient (Wildman–Crippen LogP) is 1.86. The van der Waals surface area contributed by atoms with E-state index >= 15 is 0 Å². The zero-order valence-corrected chi connectivity index (χ0v) is 7.99. The highest BCUT2D eigenvalue weighted by atomic mass is 35.5. The Balaban J connectivity index is 2.47. The summed E-state index contributed by atoms with van der Waals surface area (Å²) in [6.07, 6.45) is 0.856. The van der Waals surface area contributed by atoms with Crippen molar-refractivity contribution in [3.05, 3.63) is 29.9 Å². The average Bonchev–Trinajstić information content (AvgIpc) is 2.18. The van der Waals surface area contributed by atoms with Crippen LogP contribution in [0.25, 0.3) is 0 Å². The lowest BCUT2D eigenvalue weighted by atomic mass is 10.5. The molecule has 1 aromatic heterocycles. The van der Waals surface area contributed by atoms with Crippen molar-refractivity contribution in [2.24, 2.45) is 0 Å². The third kappa shape index (κ3) is 3.40. The summed E-state index contributed by atoms with van der Waals surface area (Å²) in [5, 5.41) is 9.77. The summed E-state index contributed by atoms with van der Waals surface area (Å²) in [5.74, 6) is 0.281. The van der Waals surface area contributed by atoms with Crippen LogP contribution in [-0.2, 0) is 4.74 Å². The van der Waals surface area contributed by atoms with E-state index in [-0.39, 0.29) is 17.6 Å². The SMILES string of the molecule is C=CCOC(=O)Nc1ccc(Cl)nn1. The van der Waals surface area contributed by atoms with Crippen LogP contribution < -0.4 is 5.32 Å². The average molecular weight is 214 g/mol. The van der Waals surface area contributed by atoms with Crippen LogP contribution in [0.1, 0.15) is 0 Å². The molecule has 0 aliphatic heterocycles. The molecule has 14 heavy (non-hydrogen) atoms. The normalized spacial score (nSPS) is 9.21. The summed E-state index contributed by atoms with van der Waals surface area (Å²) in [4.78, 5) is 11.0. The summed E-state index contributed by atoms with van der Waals surface area (Å²) in [7, 11) is 0. The molecule has 0 saturated heterocycles. The van der Waals surface area contributed by atoms with Crippen molar-refractivity contribution < 1.29 is 9.53 Å². The molecule has 0 bridgehead atoms. The molecule has 1 rings (SSSR count). The first-order chi connectivity index (χ1) is 6.72. The number of anilines is 1. The molecule has 0 spiro atoms. The Morgan fingerprint density at radius 2 is 2.43 bits per heavy atom. The second kappa shape index (κ2) is 5.18. The molecule has 5 nitrogen and oxygen atoms in total. The second-order valence-corrected chi connectivity index (χ2v) is 2.64. The Morgan fingerprint density at radius 3 is 3.00 bits per heavy atom. The quantitative estimate of drug-likeness (QED) is 0.779. The number of nitrogens with zero attached hydrogens (tertiary/aromatic N) is 2. The fourth-order valence-corrected chi connectivity index (χ4v) is 0.759. The Labute approximate surface area is 85.7 Å². The fourth-order valence-electron chi connectivity index (χ4n) is 0.658. The minimum atomic E-state index is -0.610. The number of halogens is 1. The van der Waals surface area contributed by atoms with Gasteiger partial charge in [0, 0.05) is 0 Å². The number of hydrogen-bond acceptors (Lipinski definition) is 4. The van der Waals surface area contributed by atoms with Gasteiger partial charge >= 0.3 is 6.09 Å². The topological polar surface area (TPSA) is 64.1 Å². The third-order valence-corrected chi connectivity index (χ3v) is 1.40.